The van der Waals surface area contributed by atoms with E-state index in [2.05, 4.69) is 33.0 Å². The van der Waals surface area contributed by atoms with Crippen LogP contribution in [0.2, 0.25) is 0 Å². The Balaban J connectivity index is 2.19. The van der Waals surface area contributed by atoms with Crippen LogP contribution in [-0.2, 0) is 0 Å². The Morgan fingerprint density at radius 3 is 2.20 bits per heavy atom. The van der Waals surface area contributed by atoms with Crippen molar-refractivity contribution in [2.45, 2.75) is 53.4 Å². The summed E-state index contributed by atoms with van der Waals surface area (Å²) >= 11 is 0. The van der Waals surface area contributed by atoms with E-state index in [1.54, 1.807) is 0 Å². The summed E-state index contributed by atoms with van der Waals surface area (Å²) in [6.07, 6.45) is 5.70. The van der Waals surface area contributed by atoms with E-state index in [0.29, 0.717) is 0 Å². The molecule has 1 saturated carbocycles. The van der Waals surface area contributed by atoms with Gasteiger partial charge in [0.05, 0.1) is 0 Å². The summed E-state index contributed by atoms with van der Waals surface area (Å²) < 4.78 is 0. The van der Waals surface area contributed by atoms with Crippen LogP contribution in [0.1, 0.15) is 53.4 Å². The van der Waals surface area contributed by atoms with Gasteiger partial charge in [0, 0.05) is 0 Å². The van der Waals surface area contributed by atoms with Gasteiger partial charge in [0.25, 0.3) is 0 Å². The maximum absolute atomic E-state index is 3.62. The maximum atomic E-state index is 3.62. The molecule has 1 heteroatoms. The molecule has 1 rings (SSSR count). The van der Waals surface area contributed by atoms with Gasteiger partial charge in [0.15, 0.2) is 0 Å². The first-order valence-electron chi connectivity index (χ1n) is 6.89. The minimum Gasteiger partial charge on any atom is -0.316 e. The van der Waals surface area contributed by atoms with Gasteiger partial charge in [-0.05, 0) is 49.6 Å². The van der Waals surface area contributed by atoms with Crippen LogP contribution in [0.5, 0.6) is 0 Å². The van der Waals surface area contributed by atoms with E-state index >= 15 is 0 Å². The molecule has 0 spiro atoms. The Morgan fingerprint density at radius 2 is 1.80 bits per heavy atom. The van der Waals surface area contributed by atoms with Gasteiger partial charge in [-0.25, -0.2) is 0 Å². The van der Waals surface area contributed by atoms with Crippen molar-refractivity contribution in [1.82, 2.24) is 5.32 Å². The lowest BCUT2D eigenvalue weighted by Gasteiger charge is -2.42. The van der Waals surface area contributed by atoms with Crippen LogP contribution < -0.4 is 5.32 Å². The molecule has 0 aliphatic heterocycles. The van der Waals surface area contributed by atoms with Crippen molar-refractivity contribution >= 4 is 0 Å². The second-order valence-electron chi connectivity index (χ2n) is 5.63. The lowest BCUT2D eigenvalue weighted by atomic mass is 9.65. The molecule has 90 valence electrons. The van der Waals surface area contributed by atoms with Gasteiger partial charge in [0.1, 0.15) is 0 Å². The summed E-state index contributed by atoms with van der Waals surface area (Å²) in [5, 5.41) is 3.62. The van der Waals surface area contributed by atoms with Gasteiger partial charge < -0.3 is 5.32 Å². The molecule has 0 radical (unpaired) electrons. The normalized spacial score (nSPS) is 26.0. The Morgan fingerprint density at radius 1 is 1.13 bits per heavy atom. The molecule has 0 aromatic carbocycles. The summed E-state index contributed by atoms with van der Waals surface area (Å²) in [4.78, 5) is 0. The molecule has 0 bridgehead atoms. The molecule has 1 fully saturated rings. The van der Waals surface area contributed by atoms with Gasteiger partial charge in [-0.1, -0.05) is 40.5 Å². The van der Waals surface area contributed by atoms with Crippen LogP contribution in [0.4, 0.5) is 0 Å². The van der Waals surface area contributed by atoms with Gasteiger partial charge in [-0.3, -0.25) is 0 Å². The minimum absolute atomic E-state index is 0.789. The van der Waals surface area contributed by atoms with Crippen LogP contribution >= 0.6 is 0 Å². The zero-order valence-electron chi connectivity index (χ0n) is 11.1. The molecule has 0 amide bonds. The molecular formula is C14H29N. The first-order chi connectivity index (χ1) is 7.19. The number of nitrogens with one attached hydrogen (secondary N) is 1. The van der Waals surface area contributed by atoms with Crippen molar-refractivity contribution in [2.24, 2.45) is 23.7 Å². The summed E-state index contributed by atoms with van der Waals surface area (Å²) in [5.74, 6) is 3.79. The lowest BCUT2D eigenvalue weighted by Crippen LogP contribution is -2.39. The highest BCUT2D eigenvalue weighted by Crippen LogP contribution is 2.41. The number of rotatable bonds is 7. The third kappa shape index (κ3) is 3.79. The highest BCUT2D eigenvalue weighted by atomic mass is 14.9. The van der Waals surface area contributed by atoms with Crippen LogP contribution in [0.3, 0.4) is 0 Å². The second-order valence-corrected chi connectivity index (χ2v) is 5.63. The zero-order valence-corrected chi connectivity index (χ0v) is 11.1. The smallest absolute Gasteiger partial charge is 0.00177 e. The van der Waals surface area contributed by atoms with E-state index in [1.165, 1.54) is 38.8 Å². The molecule has 0 aromatic heterocycles. The van der Waals surface area contributed by atoms with Crippen molar-refractivity contribution in [3.63, 3.8) is 0 Å². The highest BCUT2D eigenvalue weighted by molar-refractivity contribution is 4.86. The summed E-state index contributed by atoms with van der Waals surface area (Å²) in [6.45, 7) is 11.7. The summed E-state index contributed by atoms with van der Waals surface area (Å²) in [7, 11) is 0. The lowest BCUT2D eigenvalue weighted by molar-refractivity contribution is 0.0960. The van der Waals surface area contributed by atoms with Crippen molar-refractivity contribution in [1.29, 1.82) is 0 Å². The topological polar surface area (TPSA) is 12.0 Å². The Bertz CT molecular complexity index is 161. The van der Waals surface area contributed by atoms with E-state index in [0.717, 1.165) is 23.7 Å². The molecule has 1 N–H and O–H groups in total. The predicted octanol–water partition coefficient (Wildman–Crippen LogP) is 3.69. The fourth-order valence-corrected chi connectivity index (χ4v) is 2.92. The van der Waals surface area contributed by atoms with Crippen LogP contribution in [0.15, 0.2) is 0 Å². The van der Waals surface area contributed by atoms with Crippen LogP contribution in [0.25, 0.3) is 0 Å². The van der Waals surface area contributed by atoms with Crippen molar-refractivity contribution in [2.75, 3.05) is 13.1 Å². The molecular weight excluding hydrogens is 182 g/mol. The molecule has 2 atom stereocenters. The minimum atomic E-state index is 0.789. The quantitative estimate of drug-likeness (QED) is 0.677. The average molecular weight is 211 g/mol. The molecule has 15 heavy (non-hydrogen) atoms. The summed E-state index contributed by atoms with van der Waals surface area (Å²) in [6, 6.07) is 0. The largest absolute Gasteiger partial charge is 0.316 e. The van der Waals surface area contributed by atoms with Crippen LogP contribution in [0, 0.1) is 23.7 Å². The zero-order chi connectivity index (χ0) is 11.3. The van der Waals surface area contributed by atoms with Crippen LogP contribution in [-0.4, -0.2) is 13.1 Å². The fourth-order valence-electron chi connectivity index (χ4n) is 2.92. The van der Waals surface area contributed by atoms with Gasteiger partial charge in [-0.15, -0.1) is 0 Å². The van der Waals surface area contributed by atoms with E-state index in [-0.39, 0.29) is 0 Å². The Kier molecular flexibility index (Phi) is 5.66. The van der Waals surface area contributed by atoms with E-state index in [9.17, 15) is 0 Å². The Labute approximate surface area is 96.0 Å². The fraction of sp³-hybridized carbons (Fsp3) is 1.00. The maximum Gasteiger partial charge on any atom is -0.00177 e. The molecule has 2 unspecified atom stereocenters. The monoisotopic (exact) mass is 211 g/mol. The van der Waals surface area contributed by atoms with E-state index in [1.807, 2.05) is 0 Å². The van der Waals surface area contributed by atoms with Crippen molar-refractivity contribution in [3.05, 3.63) is 0 Å². The van der Waals surface area contributed by atoms with Crippen molar-refractivity contribution in [3.8, 4) is 0 Å². The van der Waals surface area contributed by atoms with Gasteiger partial charge >= 0.3 is 0 Å². The molecule has 1 aliphatic rings. The SMILES string of the molecule is CCC(CC)C1CCC1CNCC(C)C. The van der Waals surface area contributed by atoms with Gasteiger partial charge in [-0.2, -0.15) is 0 Å². The molecule has 0 aromatic rings. The van der Waals surface area contributed by atoms with Crippen molar-refractivity contribution < 1.29 is 0 Å². The molecule has 1 nitrogen and oxygen atoms in total. The van der Waals surface area contributed by atoms with E-state index in [4.69, 9.17) is 0 Å². The first-order valence-corrected chi connectivity index (χ1v) is 6.89. The number of hydrogen-bond donors (Lipinski definition) is 1. The predicted molar refractivity (Wildman–Crippen MR) is 68.0 cm³/mol. The third-order valence-electron chi connectivity index (χ3n) is 4.09. The molecule has 0 heterocycles. The Hall–Kier alpha value is -0.0400. The molecule has 0 saturated heterocycles. The number of hydrogen-bond acceptors (Lipinski definition) is 1. The summed E-state index contributed by atoms with van der Waals surface area (Å²) in [5.41, 5.74) is 0. The third-order valence-corrected chi connectivity index (χ3v) is 4.09. The molecule has 1 aliphatic carbocycles. The second kappa shape index (κ2) is 6.52. The van der Waals surface area contributed by atoms with E-state index < -0.39 is 0 Å². The highest BCUT2D eigenvalue weighted by Gasteiger charge is 2.34. The van der Waals surface area contributed by atoms with Gasteiger partial charge in [0.2, 0.25) is 0 Å². The average Bonchev–Trinajstić information content (AvgIpc) is 2.18. The standard InChI is InChI=1S/C14H29N/c1-5-12(6-2)14-8-7-13(14)10-15-9-11(3)4/h11-15H,5-10H2,1-4H3. The first kappa shape index (κ1) is 13.0.